The molecule has 0 aliphatic carbocycles. The second-order valence-electron chi connectivity index (χ2n) is 4.74. The Morgan fingerprint density at radius 1 is 1.39 bits per heavy atom. The molecule has 0 N–H and O–H groups in total. The van der Waals surface area contributed by atoms with E-state index in [1.165, 1.54) is 24.3 Å². The molecule has 1 fully saturated rings. The SMILES string of the molecule is COC1CCN(C(=O)c2ccc(F)cc2)C(C)C1. The highest BCUT2D eigenvalue weighted by molar-refractivity contribution is 5.94. The van der Waals surface area contributed by atoms with E-state index in [-0.39, 0.29) is 23.9 Å². The average Bonchev–Trinajstić information content (AvgIpc) is 2.38. The predicted octanol–water partition coefficient (Wildman–Crippen LogP) is 2.47. The summed E-state index contributed by atoms with van der Waals surface area (Å²) in [6.07, 6.45) is 1.94. The van der Waals surface area contributed by atoms with Crippen molar-refractivity contribution in [1.29, 1.82) is 0 Å². The molecule has 18 heavy (non-hydrogen) atoms. The monoisotopic (exact) mass is 251 g/mol. The fourth-order valence-electron chi connectivity index (χ4n) is 2.40. The molecule has 0 spiro atoms. The van der Waals surface area contributed by atoms with Gasteiger partial charge in [-0.2, -0.15) is 0 Å². The number of hydrogen-bond donors (Lipinski definition) is 0. The van der Waals surface area contributed by atoms with E-state index < -0.39 is 0 Å². The molecule has 0 radical (unpaired) electrons. The molecular weight excluding hydrogens is 233 g/mol. The van der Waals surface area contributed by atoms with Crippen molar-refractivity contribution in [3.8, 4) is 0 Å². The van der Waals surface area contributed by atoms with Crippen LogP contribution in [0.2, 0.25) is 0 Å². The highest BCUT2D eigenvalue weighted by Gasteiger charge is 2.29. The normalized spacial score (nSPS) is 24.1. The Kier molecular flexibility index (Phi) is 3.97. The number of carbonyl (C=O) groups is 1. The Morgan fingerprint density at radius 2 is 2.06 bits per heavy atom. The van der Waals surface area contributed by atoms with Crippen molar-refractivity contribution in [3.05, 3.63) is 35.6 Å². The highest BCUT2D eigenvalue weighted by atomic mass is 19.1. The van der Waals surface area contributed by atoms with E-state index in [9.17, 15) is 9.18 Å². The highest BCUT2D eigenvalue weighted by Crippen LogP contribution is 2.21. The lowest BCUT2D eigenvalue weighted by Gasteiger charge is -2.37. The zero-order valence-corrected chi connectivity index (χ0v) is 10.7. The number of benzene rings is 1. The molecule has 1 saturated heterocycles. The van der Waals surface area contributed by atoms with Gasteiger partial charge in [-0.15, -0.1) is 0 Å². The standard InChI is InChI=1S/C14H18FNO2/c1-10-9-13(18-2)7-8-16(10)14(17)11-3-5-12(15)6-4-11/h3-6,10,13H,7-9H2,1-2H3. The maximum absolute atomic E-state index is 12.8. The molecule has 2 rings (SSSR count). The van der Waals surface area contributed by atoms with Crippen LogP contribution in [0.15, 0.2) is 24.3 Å². The molecule has 4 heteroatoms. The van der Waals surface area contributed by atoms with E-state index >= 15 is 0 Å². The van der Waals surface area contributed by atoms with Gasteiger partial charge < -0.3 is 9.64 Å². The number of piperidine rings is 1. The van der Waals surface area contributed by atoms with Gasteiger partial charge in [0.15, 0.2) is 0 Å². The summed E-state index contributed by atoms with van der Waals surface area (Å²) < 4.78 is 18.1. The average molecular weight is 251 g/mol. The van der Waals surface area contributed by atoms with Crippen molar-refractivity contribution in [3.63, 3.8) is 0 Å². The quantitative estimate of drug-likeness (QED) is 0.808. The third-order valence-electron chi connectivity index (χ3n) is 3.51. The molecule has 0 saturated carbocycles. The van der Waals surface area contributed by atoms with Gasteiger partial charge in [-0.3, -0.25) is 4.79 Å². The fourth-order valence-corrected chi connectivity index (χ4v) is 2.40. The van der Waals surface area contributed by atoms with Gasteiger partial charge in [-0.05, 0) is 44.0 Å². The minimum atomic E-state index is -0.322. The van der Waals surface area contributed by atoms with Gasteiger partial charge in [0.05, 0.1) is 6.10 Å². The molecule has 3 nitrogen and oxygen atoms in total. The molecule has 1 aliphatic rings. The van der Waals surface area contributed by atoms with Crippen LogP contribution < -0.4 is 0 Å². The molecule has 1 aliphatic heterocycles. The van der Waals surface area contributed by atoms with Gasteiger partial charge in [0.25, 0.3) is 5.91 Å². The van der Waals surface area contributed by atoms with Crippen LogP contribution in [-0.2, 0) is 4.74 Å². The Morgan fingerprint density at radius 3 is 2.61 bits per heavy atom. The van der Waals surface area contributed by atoms with Crippen LogP contribution in [0, 0.1) is 5.82 Å². The Bertz CT molecular complexity index is 418. The van der Waals surface area contributed by atoms with Gasteiger partial charge in [-0.1, -0.05) is 0 Å². The first-order valence-corrected chi connectivity index (χ1v) is 6.21. The van der Waals surface area contributed by atoms with Crippen molar-refractivity contribution in [2.24, 2.45) is 0 Å². The maximum Gasteiger partial charge on any atom is 0.254 e. The summed E-state index contributed by atoms with van der Waals surface area (Å²) in [6, 6.07) is 5.86. The molecule has 0 aromatic heterocycles. The third kappa shape index (κ3) is 2.70. The zero-order valence-electron chi connectivity index (χ0n) is 10.7. The second kappa shape index (κ2) is 5.48. The van der Waals surface area contributed by atoms with Crippen LogP contribution in [0.3, 0.4) is 0 Å². The molecule has 1 heterocycles. The second-order valence-corrected chi connectivity index (χ2v) is 4.74. The van der Waals surface area contributed by atoms with Gasteiger partial charge in [0, 0.05) is 25.3 Å². The minimum absolute atomic E-state index is 0.0305. The topological polar surface area (TPSA) is 29.5 Å². The fraction of sp³-hybridized carbons (Fsp3) is 0.500. The number of amides is 1. The zero-order chi connectivity index (χ0) is 13.1. The third-order valence-corrected chi connectivity index (χ3v) is 3.51. The van der Waals surface area contributed by atoms with Gasteiger partial charge >= 0.3 is 0 Å². The van der Waals surface area contributed by atoms with Crippen LogP contribution in [0.1, 0.15) is 30.1 Å². The lowest BCUT2D eigenvalue weighted by molar-refractivity contribution is 0.0160. The summed E-state index contributed by atoms with van der Waals surface area (Å²) in [6.45, 7) is 2.71. The summed E-state index contributed by atoms with van der Waals surface area (Å²) in [7, 11) is 1.70. The smallest absolute Gasteiger partial charge is 0.254 e. The molecule has 98 valence electrons. The van der Waals surface area contributed by atoms with Crippen LogP contribution >= 0.6 is 0 Å². The van der Waals surface area contributed by atoms with Crippen molar-refractivity contribution >= 4 is 5.91 Å². The molecular formula is C14H18FNO2. The minimum Gasteiger partial charge on any atom is -0.381 e. The van der Waals surface area contributed by atoms with Crippen molar-refractivity contribution in [2.75, 3.05) is 13.7 Å². The molecule has 1 aromatic carbocycles. The lowest BCUT2D eigenvalue weighted by Crippen LogP contribution is -2.46. The van der Waals surface area contributed by atoms with E-state index in [0.717, 1.165) is 12.8 Å². The number of halogens is 1. The largest absolute Gasteiger partial charge is 0.381 e. The number of rotatable bonds is 2. The van der Waals surface area contributed by atoms with E-state index in [1.54, 1.807) is 7.11 Å². The summed E-state index contributed by atoms with van der Waals surface area (Å²) in [5, 5.41) is 0. The first kappa shape index (κ1) is 13.0. The lowest BCUT2D eigenvalue weighted by atomic mass is 9.99. The van der Waals surface area contributed by atoms with Crippen molar-refractivity contribution in [2.45, 2.75) is 31.9 Å². The molecule has 2 unspecified atom stereocenters. The van der Waals surface area contributed by atoms with Crippen LogP contribution in [0.25, 0.3) is 0 Å². The summed E-state index contributed by atoms with van der Waals surface area (Å²) in [4.78, 5) is 14.1. The first-order valence-electron chi connectivity index (χ1n) is 6.21. The number of likely N-dealkylation sites (tertiary alicyclic amines) is 1. The Balaban J connectivity index is 2.07. The van der Waals surface area contributed by atoms with Gasteiger partial charge in [-0.25, -0.2) is 4.39 Å². The summed E-state index contributed by atoms with van der Waals surface area (Å²) in [5.41, 5.74) is 0.541. The molecule has 1 amide bonds. The molecule has 2 atom stereocenters. The van der Waals surface area contributed by atoms with Crippen LogP contribution in [0.4, 0.5) is 4.39 Å². The van der Waals surface area contributed by atoms with Crippen molar-refractivity contribution in [1.82, 2.24) is 4.90 Å². The van der Waals surface area contributed by atoms with Crippen molar-refractivity contribution < 1.29 is 13.9 Å². The van der Waals surface area contributed by atoms with Gasteiger partial charge in [0.2, 0.25) is 0 Å². The summed E-state index contributed by atoms with van der Waals surface area (Å²) in [5.74, 6) is -0.352. The number of ether oxygens (including phenoxy) is 1. The van der Waals surface area contributed by atoms with E-state index in [4.69, 9.17) is 4.74 Å². The number of hydrogen-bond acceptors (Lipinski definition) is 2. The van der Waals surface area contributed by atoms with E-state index in [2.05, 4.69) is 0 Å². The molecule has 1 aromatic rings. The predicted molar refractivity (Wildman–Crippen MR) is 66.9 cm³/mol. The number of nitrogens with zero attached hydrogens (tertiary/aromatic N) is 1. The van der Waals surface area contributed by atoms with Crippen LogP contribution in [-0.4, -0.2) is 36.6 Å². The van der Waals surface area contributed by atoms with Gasteiger partial charge in [0.1, 0.15) is 5.82 Å². The Hall–Kier alpha value is -1.42. The number of carbonyl (C=O) groups excluding carboxylic acids is 1. The number of methoxy groups -OCH3 is 1. The van der Waals surface area contributed by atoms with E-state index in [1.807, 2.05) is 11.8 Å². The Labute approximate surface area is 107 Å². The summed E-state index contributed by atoms with van der Waals surface area (Å²) >= 11 is 0. The van der Waals surface area contributed by atoms with Crippen LogP contribution in [0.5, 0.6) is 0 Å². The first-order chi connectivity index (χ1) is 8.61. The molecule has 0 bridgehead atoms. The van der Waals surface area contributed by atoms with E-state index in [0.29, 0.717) is 12.1 Å². The maximum atomic E-state index is 12.8.